The normalized spacial score (nSPS) is 11.0. The third-order valence-electron chi connectivity index (χ3n) is 3.33. The summed E-state index contributed by atoms with van der Waals surface area (Å²) in [5.74, 6) is 2.68. The summed E-state index contributed by atoms with van der Waals surface area (Å²) < 4.78 is 16.2. The van der Waals surface area contributed by atoms with Crippen LogP contribution in [-0.2, 0) is 0 Å². The molecule has 0 heterocycles. The summed E-state index contributed by atoms with van der Waals surface area (Å²) in [4.78, 5) is 4.19. The first kappa shape index (κ1) is 18.7. The van der Waals surface area contributed by atoms with Gasteiger partial charge in [-0.1, -0.05) is 17.7 Å². The van der Waals surface area contributed by atoms with Crippen LogP contribution in [0.1, 0.15) is 0 Å². The van der Waals surface area contributed by atoms with Crippen LogP contribution >= 0.6 is 11.6 Å². The summed E-state index contributed by atoms with van der Waals surface area (Å²) in [6, 6.07) is 12.9. The number of nitrogens with one attached hydrogen (secondary N) is 2. The summed E-state index contributed by atoms with van der Waals surface area (Å²) in [5.41, 5.74) is 0.835. The lowest BCUT2D eigenvalue weighted by Gasteiger charge is -2.14. The lowest BCUT2D eigenvalue weighted by Crippen LogP contribution is -2.33. The number of hydrogen-bond donors (Lipinski definition) is 2. The Kier molecular flexibility index (Phi) is 7.22. The number of rotatable bonds is 7. The van der Waals surface area contributed by atoms with Crippen LogP contribution in [0.5, 0.6) is 17.2 Å². The van der Waals surface area contributed by atoms with Crippen molar-refractivity contribution < 1.29 is 14.2 Å². The van der Waals surface area contributed by atoms with E-state index in [-0.39, 0.29) is 0 Å². The van der Waals surface area contributed by atoms with Crippen molar-refractivity contribution in [2.24, 2.45) is 4.99 Å². The maximum absolute atomic E-state index is 5.92. The Balaban J connectivity index is 1.84. The average Bonchev–Trinajstić information content (AvgIpc) is 2.64. The average molecular weight is 364 g/mol. The third kappa shape index (κ3) is 5.76. The van der Waals surface area contributed by atoms with Crippen molar-refractivity contribution in [1.82, 2.24) is 5.32 Å². The minimum absolute atomic E-state index is 0.479. The second-order valence-corrected chi connectivity index (χ2v) is 5.44. The number of aliphatic imine (C=N–C) groups is 1. The van der Waals surface area contributed by atoms with Gasteiger partial charge in [-0.2, -0.15) is 0 Å². The molecule has 0 atom stereocenters. The van der Waals surface area contributed by atoms with Crippen molar-refractivity contribution in [3.63, 3.8) is 0 Å². The zero-order valence-electron chi connectivity index (χ0n) is 14.5. The van der Waals surface area contributed by atoms with Crippen molar-refractivity contribution in [2.75, 3.05) is 39.7 Å². The van der Waals surface area contributed by atoms with E-state index in [0.717, 1.165) is 11.4 Å². The maximum atomic E-state index is 5.92. The number of hydrogen-bond acceptors (Lipinski definition) is 4. The highest BCUT2D eigenvalue weighted by atomic mass is 35.5. The Labute approximate surface area is 152 Å². The van der Waals surface area contributed by atoms with Crippen molar-refractivity contribution in [3.05, 3.63) is 47.5 Å². The quantitative estimate of drug-likeness (QED) is 0.448. The fourth-order valence-corrected chi connectivity index (χ4v) is 2.31. The zero-order valence-corrected chi connectivity index (χ0v) is 15.3. The van der Waals surface area contributed by atoms with Gasteiger partial charge in [-0.25, -0.2) is 0 Å². The molecule has 0 unspecified atom stereocenters. The maximum Gasteiger partial charge on any atom is 0.195 e. The van der Waals surface area contributed by atoms with E-state index in [1.54, 1.807) is 27.3 Å². The van der Waals surface area contributed by atoms with Gasteiger partial charge in [0, 0.05) is 23.8 Å². The van der Waals surface area contributed by atoms with Gasteiger partial charge in [0.15, 0.2) is 17.5 Å². The fourth-order valence-electron chi connectivity index (χ4n) is 2.12. The smallest absolute Gasteiger partial charge is 0.195 e. The number of ether oxygens (including phenoxy) is 3. The number of anilines is 1. The van der Waals surface area contributed by atoms with Gasteiger partial charge in [-0.3, -0.25) is 4.99 Å². The number of halogens is 1. The molecule has 0 aromatic heterocycles. The molecule has 0 saturated heterocycles. The Morgan fingerprint density at radius 3 is 2.56 bits per heavy atom. The molecule has 2 aromatic rings. The fraction of sp³-hybridized carbons (Fsp3) is 0.278. The highest BCUT2D eigenvalue weighted by Crippen LogP contribution is 2.29. The van der Waals surface area contributed by atoms with Gasteiger partial charge in [0.1, 0.15) is 12.4 Å². The van der Waals surface area contributed by atoms with Crippen molar-refractivity contribution in [1.29, 1.82) is 0 Å². The van der Waals surface area contributed by atoms with E-state index in [1.807, 2.05) is 36.4 Å². The zero-order chi connectivity index (χ0) is 18.1. The molecule has 2 N–H and O–H groups in total. The van der Waals surface area contributed by atoms with E-state index < -0.39 is 0 Å². The third-order valence-corrected chi connectivity index (χ3v) is 3.56. The van der Waals surface area contributed by atoms with Gasteiger partial charge in [0.25, 0.3) is 0 Å². The molecule has 0 aliphatic carbocycles. The van der Waals surface area contributed by atoms with Gasteiger partial charge in [-0.05, 0) is 30.3 Å². The molecule has 0 spiro atoms. The van der Waals surface area contributed by atoms with E-state index in [2.05, 4.69) is 15.6 Å². The molecule has 0 bridgehead atoms. The Morgan fingerprint density at radius 2 is 1.88 bits per heavy atom. The second kappa shape index (κ2) is 9.64. The summed E-state index contributed by atoms with van der Waals surface area (Å²) in [5, 5.41) is 7.02. The molecular weight excluding hydrogens is 342 g/mol. The van der Waals surface area contributed by atoms with E-state index >= 15 is 0 Å². The van der Waals surface area contributed by atoms with Crippen LogP contribution in [0.25, 0.3) is 0 Å². The van der Waals surface area contributed by atoms with Crippen LogP contribution in [0.4, 0.5) is 5.69 Å². The lowest BCUT2D eigenvalue weighted by atomic mass is 10.3. The number of methoxy groups -OCH3 is 2. The summed E-state index contributed by atoms with van der Waals surface area (Å²) in [6.07, 6.45) is 0. The van der Waals surface area contributed by atoms with E-state index in [4.69, 9.17) is 25.8 Å². The van der Waals surface area contributed by atoms with Crippen LogP contribution in [-0.4, -0.2) is 40.4 Å². The number of guanidine groups is 1. The Bertz CT molecular complexity index is 722. The topological polar surface area (TPSA) is 64.1 Å². The van der Waals surface area contributed by atoms with Gasteiger partial charge in [0.05, 0.1) is 20.8 Å². The standard InChI is InChI=1S/C18H22ClN3O3/c1-20-18(21-9-10-25-15-6-4-5-13(19)11-15)22-14-7-8-16(23-2)17(12-14)24-3/h4-8,11-12H,9-10H2,1-3H3,(H2,20,21,22). The van der Waals surface area contributed by atoms with Crippen LogP contribution in [0, 0.1) is 0 Å². The highest BCUT2D eigenvalue weighted by Gasteiger charge is 2.06. The second-order valence-electron chi connectivity index (χ2n) is 5.00. The first-order chi connectivity index (χ1) is 12.2. The van der Waals surface area contributed by atoms with Crippen LogP contribution < -0.4 is 24.8 Å². The van der Waals surface area contributed by atoms with Crippen LogP contribution in [0.3, 0.4) is 0 Å². The first-order valence-electron chi connectivity index (χ1n) is 7.74. The summed E-state index contributed by atoms with van der Waals surface area (Å²) in [6.45, 7) is 1.06. The van der Waals surface area contributed by atoms with Gasteiger partial charge < -0.3 is 24.8 Å². The summed E-state index contributed by atoms with van der Waals surface area (Å²) in [7, 11) is 4.90. The molecule has 25 heavy (non-hydrogen) atoms. The molecule has 0 radical (unpaired) electrons. The molecule has 2 aromatic carbocycles. The monoisotopic (exact) mass is 363 g/mol. The molecule has 2 rings (SSSR count). The SMILES string of the molecule is CN=C(NCCOc1cccc(Cl)c1)Nc1ccc(OC)c(OC)c1. The summed E-state index contributed by atoms with van der Waals surface area (Å²) >= 11 is 5.92. The Hall–Kier alpha value is -2.60. The minimum Gasteiger partial charge on any atom is -0.493 e. The number of nitrogens with zero attached hydrogens (tertiary/aromatic N) is 1. The van der Waals surface area contributed by atoms with Crippen molar-refractivity contribution >= 4 is 23.2 Å². The predicted molar refractivity (Wildman–Crippen MR) is 101 cm³/mol. The molecule has 0 saturated carbocycles. The molecule has 0 fully saturated rings. The molecule has 134 valence electrons. The van der Waals surface area contributed by atoms with Gasteiger partial charge in [-0.15, -0.1) is 0 Å². The van der Waals surface area contributed by atoms with E-state index in [9.17, 15) is 0 Å². The molecule has 0 aliphatic rings. The predicted octanol–water partition coefficient (Wildman–Crippen LogP) is 3.42. The van der Waals surface area contributed by atoms with E-state index in [0.29, 0.717) is 35.6 Å². The Morgan fingerprint density at radius 1 is 1.08 bits per heavy atom. The minimum atomic E-state index is 0.479. The van der Waals surface area contributed by atoms with E-state index in [1.165, 1.54) is 0 Å². The van der Waals surface area contributed by atoms with Crippen molar-refractivity contribution in [2.45, 2.75) is 0 Å². The van der Waals surface area contributed by atoms with Crippen molar-refractivity contribution in [3.8, 4) is 17.2 Å². The molecule has 0 aliphatic heterocycles. The lowest BCUT2D eigenvalue weighted by molar-refractivity contribution is 0.322. The number of benzene rings is 2. The molecular formula is C18H22ClN3O3. The van der Waals surface area contributed by atoms with Crippen LogP contribution in [0.15, 0.2) is 47.5 Å². The largest absolute Gasteiger partial charge is 0.493 e. The van der Waals surface area contributed by atoms with Gasteiger partial charge >= 0.3 is 0 Å². The van der Waals surface area contributed by atoms with Crippen LogP contribution in [0.2, 0.25) is 5.02 Å². The van der Waals surface area contributed by atoms with Gasteiger partial charge in [0.2, 0.25) is 0 Å². The molecule has 6 nitrogen and oxygen atoms in total. The first-order valence-corrected chi connectivity index (χ1v) is 8.12. The molecule has 0 amide bonds. The highest BCUT2D eigenvalue weighted by molar-refractivity contribution is 6.30. The molecule has 7 heteroatoms.